The molecule has 1 aliphatic rings. The van der Waals surface area contributed by atoms with Crippen molar-refractivity contribution in [3.63, 3.8) is 0 Å². The van der Waals surface area contributed by atoms with Crippen molar-refractivity contribution in [2.75, 3.05) is 12.9 Å². The first-order valence-electron chi connectivity index (χ1n) is 5.93. The van der Waals surface area contributed by atoms with Crippen LogP contribution < -0.4 is 5.56 Å². The Balaban J connectivity index is 2.46. The summed E-state index contributed by atoms with van der Waals surface area (Å²) in [4.78, 5) is 23.2. The van der Waals surface area contributed by atoms with E-state index in [1.807, 2.05) is 0 Å². The quantitative estimate of drug-likeness (QED) is 0.503. The van der Waals surface area contributed by atoms with Gasteiger partial charge in [0.2, 0.25) is 0 Å². The van der Waals surface area contributed by atoms with Crippen LogP contribution in [0.4, 0.5) is 17.6 Å². The Morgan fingerprint density at radius 3 is 2.65 bits per heavy atom. The van der Waals surface area contributed by atoms with Crippen LogP contribution in [0.5, 0.6) is 0 Å². The molecule has 1 atom stereocenters. The summed E-state index contributed by atoms with van der Waals surface area (Å²) in [6.07, 6.45) is -3.45. The van der Waals surface area contributed by atoms with Crippen molar-refractivity contribution in [3.8, 4) is 0 Å². The summed E-state index contributed by atoms with van der Waals surface area (Å²) in [6.45, 7) is 0. The van der Waals surface area contributed by atoms with Crippen LogP contribution in [0.3, 0.4) is 0 Å². The minimum atomic E-state index is -4.75. The van der Waals surface area contributed by atoms with E-state index in [2.05, 4.69) is 9.84 Å². The largest absolute Gasteiger partial charge is 0.468 e. The molecule has 0 saturated carbocycles. The standard InChI is InChI=1S/C12H9ClF4N2O3S/c1-22-10(21)5-23-8(13)3-7(14)11(23)19-9(20)2-6(4-18-19)12(15,16)17/h2-4,23H,5H2,1H3. The van der Waals surface area contributed by atoms with Crippen LogP contribution in [0.1, 0.15) is 5.56 Å². The predicted octanol–water partition coefficient (Wildman–Crippen LogP) is 2.63. The van der Waals surface area contributed by atoms with E-state index in [1.165, 1.54) is 0 Å². The molecule has 5 nitrogen and oxygen atoms in total. The van der Waals surface area contributed by atoms with Gasteiger partial charge in [0.15, 0.2) is 5.83 Å². The summed E-state index contributed by atoms with van der Waals surface area (Å²) in [5.41, 5.74) is -2.43. The Kier molecular flexibility index (Phi) is 4.85. The average molecular weight is 373 g/mol. The van der Waals surface area contributed by atoms with Gasteiger partial charge in [-0.1, -0.05) is 11.6 Å². The van der Waals surface area contributed by atoms with Gasteiger partial charge in [0.05, 0.1) is 29.0 Å². The van der Waals surface area contributed by atoms with Crippen LogP contribution in [-0.2, 0) is 15.7 Å². The number of hydrogen-bond acceptors (Lipinski definition) is 4. The fourth-order valence-electron chi connectivity index (χ4n) is 1.76. The van der Waals surface area contributed by atoms with Crippen molar-refractivity contribution in [1.82, 2.24) is 9.78 Å². The molecule has 2 heterocycles. The lowest BCUT2D eigenvalue weighted by molar-refractivity contribution is -0.138. The van der Waals surface area contributed by atoms with E-state index in [0.29, 0.717) is 16.9 Å². The lowest BCUT2D eigenvalue weighted by Gasteiger charge is -2.19. The van der Waals surface area contributed by atoms with Gasteiger partial charge in [0, 0.05) is 12.1 Å². The minimum absolute atomic E-state index is 0.0218. The Hall–Kier alpha value is -1.81. The van der Waals surface area contributed by atoms with Crippen molar-refractivity contribution in [2.45, 2.75) is 6.18 Å². The van der Waals surface area contributed by atoms with E-state index in [4.69, 9.17) is 11.6 Å². The summed E-state index contributed by atoms with van der Waals surface area (Å²) in [5.74, 6) is -1.95. The molecule has 0 N–H and O–H groups in total. The van der Waals surface area contributed by atoms with Crippen molar-refractivity contribution in [2.24, 2.45) is 0 Å². The summed E-state index contributed by atoms with van der Waals surface area (Å²) in [6, 6.07) is 0.297. The number of carbonyl (C=O) groups is 1. The van der Waals surface area contributed by atoms with E-state index in [-0.39, 0.29) is 15.1 Å². The number of nitrogens with zero attached hydrogens (tertiary/aromatic N) is 2. The zero-order valence-corrected chi connectivity index (χ0v) is 13.0. The number of methoxy groups -OCH3 is 1. The average Bonchev–Trinajstić information content (AvgIpc) is 2.72. The summed E-state index contributed by atoms with van der Waals surface area (Å²) >= 11 is 5.85. The molecule has 0 bridgehead atoms. The SMILES string of the molecule is COC(=O)C[SH]1C(Cl)=CC(F)=C1n1ncc(C(F)(F)F)cc1=O. The number of halogens is 5. The van der Waals surface area contributed by atoms with Gasteiger partial charge in [0.25, 0.3) is 5.56 Å². The fraction of sp³-hybridized carbons (Fsp3) is 0.250. The third kappa shape index (κ3) is 3.58. The minimum Gasteiger partial charge on any atom is -0.468 e. The molecular weight excluding hydrogens is 364 g/mol. The highest BCUT2D eigenvalue weighted by Crippen LogP contribution is 2.54. The number of allylic oxidation sites excluding steroid dienone is 2. The molecule has 23 heavy (non-hydrogen) atoms. The molecule has 0 aromatic carbocycles. The summed E-state index contributed by atoms with van der Waals surface area (Å²) in [5, 5.41) is 3.01. The number of hydrogen-bond donors (Lipinski definition) is 1. The van der Waals surface area contributed by atoms with Crippen molar-refractivity contribution < 1.29 is 27.1 Å². The van der Waals surface area contributed by atoms with Crippen LogP contribution >= 0.6 is 22.5 Å². The molecule has 0 aliphatic carbocycles. The van der Waals surface area contributed by atoms with Crippen molar-refractivity contribution >= 4 is 33.5 Å². The van der Waals surface area contributed by atoms with Gasteiger partial charge in [-0.05, 0) is 0 Å². The Bertz CT molecular complexity index is 772. The van der Waals surface area contributed by atoms with E-state index in [0.717, 1.165) is 13.2 Å². The van der Waals surface area contributed by atoms with Crippen molar-refractivity contribution in [1.29, 1.82) is 0 Å². The Morgan fingerprint density at radius 1 is 1.48 bits per heavy atom. The van der Waals surface area contributed by atoms with Gasteiger partial charge in [-0.2, -0.15) is 33.8 Å². The highest BCUT2D eigenvalue weighted by atomic mass is 35.5. The molecule has 0 saturated heterocycles. The fourth-order valence-corrected chi connectivity index (χ4v) is 4.14. The molecule has 126 valence electrons. The first-order chi connectivity index (χ1) is 10.6. The maximum atomic E-state index is 14.0. The molecule has 2 rings (SSSR count). The van der Waals surface area contributed by atoms with Crippen LogP contribution in [0.15, 0.2) is 33.3 Å². The highest BCUT2D eigenvalue weighted by molar-refractivity contribution is 8.29. The lowest BCUT2D eigenvalue weighted by Crippen LogP contribution is -2.25. The summed E-state index contributed by atoms with van der Waals surface area (Å²) < 4.78 is 56.6. The number of alkyl halides is 3. The monoisotopic (exact) mass is 372 g/mol. The van der Waals surface area contributed by atoms with Crippen LogP contribution in [0, 0.1) is 0 Å². The van der Waals surface area contributed by atoms with Crippen LogP contribution in [0.2, 0.25) is 0 Å². The normalized spacial score (nSPS) is 19.7. The van der Waals surface area contributed by atoms with Crippen LogP contribution in [-0.4, -0.2) is 28.6 Å². The first kappa shape index (κ1) is 17.5. The molecule has 11 heteroatoms. The number of thiol groups is 1. The van der Waals surface area contributed by atoms with Gasteiger partial charge < -0.3 is 4.74 Å². The summed E-state index contributed by atoms with van der Waals surface area (Å²) in [7, 11) is -0.690. The van der Waals surface area contributed by atoms with Gasteiger partial charge in [-0.15, -0.1) is 0 Å². The molecule has 0 radical (unpaired) electrons. The first-order valence-corrected chi connectivity index (χ1v) is 7.84. The molecule has 0 fully saturated rings. The zero-order chi connectivity index (χ0) is 17.4. The third-order valence-electron chi connectivity index (χ3n) is 2.82. The number of aromatic nitrogens is 2. The maximum Gasteiger partial charge on any atom is 0.418 e. The van der Waals surface area contributed by atoms with Crippen LogP contribution in [0.25, 0.3) is 5.03 Å². The second-order valence-electron chi connectivity index (χ2n) is 4.29. The smallest absolute Gasteiger partial charge is 0.418 e. The topological polar surface area (TPSA) is 61.2 Å². The van der Waals surface area contributed by atoms with Gasteiger partial charge >= 0.3 is 12.1 Å². The molecular formula is C12H9ClF4N2O3S. The molecule has 1 aromatic rings. The van der Waals surface area contributed by atoms with E-state index >= 15 is 0 Å². The second-order valence-corrected chi connectivity index (χ2v) is 7.04. The van der Waals surface area contributed by atoms with E-state index in [1.54, 1.807) is 0 Å². The molecule has 1 aromatic heterocycles. The second kappa shape index (κ2) is 6.36. The molecule has 0 spiro atoms. The van der Waals surface area contributed by atoms with Gasteiger partial charge in [-0.25, -0.2) is 4.39 Å². The maximum absolute atomic E-state index is 14.0. The molecule has 0 amide bonds. The van der Waals surface area contributed by atoms with Gasteiger partial charge in [0.1, 0.15) is 5.03 Å². The number of carbonyl (C=O) groups excluding carboxylic acids is 1. The molecule has 1 unspecified atom stereocenters. The Labute approximate surface area is 134 Å². The van der Waals surface area contributed by atoms with Crippen molar-refractivity contribution in [3.05, 3.63) is 44.4 Å². The third-order valence-corrected chi connectivity index (χ3v) is 5.67. The molecule has 1 aliphatic heterocycles. The van der Waals surface area contributed by atoms with E-state index < -0.39 is 40.0 Å². The number of ether oxygens (including phenoxy) is 1. The lowest BCUT2D eigenvalue weighted by atomic mass is 10.3. The van der Waals surface area contributed by atoms with Gasteiger partial charge in [-0.3, -0.25) is 9.59 Å². The number of rotatable bonds is 3. The highest BCUT2D eigenvalue weighted by Gasteiger charge is 2.34. The predicted molar refractivity (Wildman–Crippen MR) is 77.6 cm³/mol. The van der Waals surface area contributed by atoms with E-state index in [9.17, 15) is 27.2 Å². The Morgan fingerprint density at radius 2 is 2.13 bits per heavy atom. The zero-order valence-electron chi connectivity index (χ0n) is 11.4. The number of esters is 1.